The molecule has 7 unspecified atom stereocenters. The molecule has 0 N–H and O–H groups in total. The predicted molar refractivity (Wildman–Crippen MR) is 145 cm³/mol. The van der Waals surface area contributed by atoms with Gasteiger partial charge in [0.25, 0.3) is 0 Å². The smallest absolute Gasteiger partial charge is 0.344 e. The van der Waals surface area contributed by atoms with Crippen LogP contribution < -0.4 is 4.74 Å². The summed E-state index contributed by atoms with van der Waals surface area (Å²) >= 11 is 0. The Labute approximate surface area is 228 Å². The van der Waals surface area contributed by atoms with E-state index in [0.717, 1.165) is 25.8 Å². The van der Waals surface area contributed by atoms with Gasteiger partial charge in [-0.15, -0.1) is 0 Å². The lowest BCUT2D eigenvalue weighted by Crippen LogP contribution is -2.40. The summed E-state index contributed by atoms with van der Waals surface area (Å²) in [5, 5.41) is 0. The first kappa shape index (κ1) is 24.5. The molecule has 8 heteroatoms. The second-order valence-corrected chi connectivity index (χ2v) is 13.1. The number of ether oxygens (including phenoxy) is 4. The van der Waals surface area contributed by atoms with Crippen LogP contribution in [0.5, 0.6) is 5.75 Å². The zero-order valence-electron chi connectivity index (χ0n) is 21.6. The third-order valence-electron chi connectivity index (χ3n) is 8.24. The van der Waals surface area contributed by atoms with Crippen LogP contribution in [-0.2, 0) is 34.3 Å². The van der Waals surface area contributed by atoms with Crippen molar-refractivity contribution in [1.29, 1.82) is 0 Å². The van der Waals surface area contributed by atoms with Crippen LogP contribution >= 0.6 is 0 Å². The molecular formula is C31H29O7S+. The molecule has 4 heterocycles. The second-order valence-electron chi connectivity index (χ2n) is 10.9. The van der Waals surface area contributed by atoms with E-state index in [1.165, 1.54) is 0 Å². The maximum Gasteiger partial charge on any atom is 0.344 e. The van der Waals surface area contributed by atoms with Crippen LogP contribution in [0.3, 0.4) is 0 Å². The van der Waals surface area contributed by atoms with Crippen LogP contribution in [-0.4, -0.2) is 53.6 Å². The van der Waals surface area contributed by atoms with Gasteiger partial charge >= 0.3 is 11.9 Å². The number of hydrogen-bond donors (Lipinski definition) is 0. The monoisotopic (exact) mass is 545 g/mol. The average Bonchev–Trinajstić information content (AvgIpc) is 3.58. The van der Waals surface area contributed by atoms with Gasteiger partial charge in [0.15, 0.2) is 24.6 Å². The Bertz CT molecular complexity index is 1480. The SMILES string of the molecule is CC(C)c1ccc2c(c1)C(=O)C1C=CC=CC1=[SH+]2c1ccc(OCC(=O)OC2C3CC4C(=O)OC2C4O3)cc1. The summed E-state index contributed by atoms with van der Waals surface area (Å²) < 4.78 is 22.5. The van der Waals surface area contributed by atoms with Crippen LogP contribution in [0.15, 0.2) is 76.6 Å². The number of thiol groups is 1. The Morgan fingerprint density at radius 1 is 1.08 bits per heavy atom. The van der Waals surface area contributed by atoms with Gasteiger partial charge in [-0.05, 0) is 60.4 Å². The lowest BCUT2D eigenvalue weighted by Gasteiger charge is -2.24. The first-order valence-corrected chi connectivity index (χ1v) is 14.7. The highest BCUT2D eigenvalue weighted by atomic mass is 32.2. The number of carbonyl (C=O) groups excluding carboxylic acids is 3. The summed E-state index contributed by atoms with van der Waals surface area (Å²) in [4.78, 5) is 41.2. The highest BCUT2D eigenvalue weighted by Gasteiger charge is 2.65. The van der Waals surface area contributed by atoms with Crippen molar-refractivity contribution >= 4 is 33.1 Å². The molecule has 1 aliphatic carbocycles. The van der Waals surface area contributed by atoms with Crippen molar-refractivity contribution in [3.8, 4) is 5.75 Å². The fourth-order valence-electron chi connectivity index (χ4n) is 6.27. The first-order valence-electron chi connectivity index (χ1n) is 13.4. The fraction of sp³-hybridized carbons (Fsp3) is 0.355. The minimum Gasteiger partial charge on any atom is -0.482 e. The van der Waals surface area contributed by atoms with Crippen LogP contribution in [0, 0.1) is 11.8 Å². The minimum absolute atomic E-state index is 0.157. The molecule has 2 aromatic carbocycles. The van der Waals surface area contributed by atoms with E-state index in [1.807, 2.05) is 42.5 Å². The number of esters is 2. The van der Waals surface area contributed by atoms with Crippen LogP contribution in [0.4, 0.5) is 0 Å². The van der Waals surface area contributed by atoms with E-state index >= 15 is 0 Å². The molecular weight excluding hydrogens is 516 g/mol. The largest absolute Gasteiger partial charge is 0.482 e. The molecule has 3 fully saturated rings. The van der Waals surface area contributed by atoms with Gasteiger partial charge in [-0.1, -0.05) is 48.6 Å². The molecule has 0 saturated carbocycles. The van der Waals surface area contributed by atoms with Gasteiger partial charge in [0.2, 0.25) is 0 Å². The molecule has 0 spiro atoms. The van der Waals surface area contributed by atoms with Crippen LogP contribution in [0.2, 0.25) is 0 Å². The number of fused-ring (bicyclic) bond motifs is 3. The Balaban J connectivity index is 1.08. The molecule has 0 amide bonds. The fourth-order valence-corrected chi connectivity index (χ4v) is 8.93. The van der Waals surface area contributed by atoms with E-state index < -0.39 is 28.7 Å². The molecule has 4 aliphatic heterocycles. The van der Waals surface area contributed by atoms with Crippen molar-refractivity contribution in [3.63, 3.8) is 0 Å². The molecule has 0 radical (unpaired) electrons. The third kappa shape index (κ3) is 4.00. The summed E-state index contributed by atoms with van der Waals surface area (Å²) in [7, 11) is -0.896. The van der Waals surface area contributed by atoms with Gasteiger partial charge in [0.1, 0.15) is 32.4 Å². The molecule has 2 bridgehead atoms. The average molecular weight is 546 g/mol. The van der Waals surface area contributed by atoms with Gasteiger partial charge < -0.3 is 18.9 Å². The number of allylic oxidation sites excluding steroid dienone is 4. The molecule has 200 valence electrons. The van der Waals surface area contributed by atoms with Gasteiger partial charge in [0, 0.05) is 0 Å². The van der Waals surface area contributed by atoms with E-state index in [-0.39, 0.29) is 42.4 Å². The molecule has 2 aromatic rings. The first-order chi connectivity index (χ1) is 18.9. The Morgan fingerprint density at radius 3 is 2.69 bits per heavy atom. The summed E-state index contributed by atoms with van der Waals surface area (Å²) in [6, 6.07) is 14.1. The Morgan fingerprint density at radius 2 is 1.90 bits per heavy atom. The highest BCUT2D eigenvalue weighted by Crippen LogP contribution is 2.47. The number of hydrogen-bond acceptors (Lipinski definition) is 7. The zero-order valence-corrected chi connectivity index (χ0v) is 22.5. The van der Waals surface area contributed by atoms with Crippen molar-refractivity contribution in [2.45, 2.75) is 60.4 Å². The zero-order chi connectivity index (χ0) is 26.8. The Hall–Kier alpha value is -3.49. The molecule has 7 rings (SSSR count). The van der Waals surface area contributed by atoms with Crippen molar-refractivity contribution < 1.29 is 33.3 Å². The van der Waals surface area contributed by atoms with Gasteiger partial charge in [-0.2, -0.15) is 0 Å². The maximum atomic E-state index is 13.4. The molecule has 7 nitrogen and oxygen atoms in total. The van der Waals surface area contributed by atoms with E-state index in [1.54, 1.807) is 0 Å². The Kier molecular flexibility index (Phi) is 5.86. The summed E-state index contributed by atoms with van der Waals surface area (Å²) in [5.74, 6) is -0.222. The van der Waals surface area contributed by atoms with Gasteiger partial charge in [-0.25, -0.2) is 4.79 Å². The predicted octanol–water partition coefficient (Wildman–Crippen LogP) is 3.69. The second kappa shape index (κ2) is 9.31. The molecule has 3 saturated heterocycles. The molecule has 39 heavy (non-hydrogen) atoms. The number of rotatable bonds is 6. The lowest BCUT2D eigenvalue weighted by molar-refractivity contribution is -0.162. The quantitative estimate of drug-likeness (QED) is 0.237. The van der Waals surface area contributed by atoms with E-state index in [9.17, 15) is 14.4 Å². The highest BCUT2D eigenvalue weighted by molar-refractivity contribution is 7.97. The standard InChI is InChI=1S/C31H28O7S/c1-16(2)17-7-12-25-21(13-17)27(33)20-5-3-4-6-24(20)39(25)19-10-8-18(9-11-19)35-15-26(32)37-29-23-14-22-28(36-23)30(29)38-31(22)34/h3-13,16,20,22-23,28-30H,14-15H2,1-2H3/p+1. The number of ketones is 1. The molecule has 7 atom stereocenters. The number of benzene rings is 2. The van der Waals surface area contributed by atoms with Crippen LogP contribution in [0.25, 0.3) is 0 Å². The van der Waals surface area contributed by atoms with E-state index in [4.69, 9.17) is 18.9 Å². The van der Waals surface area contributed by atoms with Crippen molar-refractivity contribution in [2.75, 3.05) is 6.61 Å². The maximum absolute atomic E-state index is 13.4. The van der Waals surface area contributed by atoms with Crippen molar-refractivity contribution in [3.05, 3.63) is 77.9 Å². The van der Waals surface area contributed by atoms with Gasteiger partial charge in [-0.3, -0.25) is 9.59 Å². The summed E-state index contributed by atoms with van der Waals surface area (Å²) in [6.07, 6.45) is 6.86. The van der Waals surface area contributed by atoms with Crippen molar-refractivity contribution in [1.82, 2.24) is 0 Å². The lowest BCUT2D eigenvalue weighted by atomic mass is 9.88. The van der Waals surface area contributed by atoms with E-state index in [0.29, 0.717) is 18.1 Å². The van der Waals surface area contributed by atoms with Gasteiger partial charge in [0.05, 0.1) is 17.6 Å². The summed E-state index contributed by atoms with van der Waals surface area (Å²) in [6.45, 7) is 4.02. The normalized spacial score (nSPS) is 31.4. The summed E-state index contributed by atoms with van der Waals surface area (Å²) in [5.41, 5.74) is 1.97. The van der Waals surface area contributed by atoms with E-state index in [2.05, 4.69) is 38.1 Å². The van der Waals surface area contributed by atoms with Crippen LogP contribution in [0.1, 0.15) is 42.1 Å². The third-order valence-corrected chi connectivity index (χ3v) is 10.9. The molecule has 0 aromatic heterocycles. The number of carbonyl (C=O) groups is 3. The minimum atomic E-state index is -0.896. The topological polar surface area (TPSA) is 88.1 Å². The molecule has 5 aliphatic rings. The number of Topliss-reactive ketones (excluding diaryl/α,β-unsaturated/α-hetero) is 1. The van der Waals surface area contributed by atoms with Crippen molar-refractivity contribution in [2.24, 2.45) is 11.8 Å².